The summed E-state index contributed by atoms with van der Waals surface area (Å²) in [6.45, 7) is 0.366. The van der Waals surface area contributed by atoms with E-state index in [9.17, 15) is 4.79 Å². The van der Waals surface area contributed by atoms with Gasteiger partial charge in [0.25, 0.3) is 5.91 Å². The van der Waals surface area contributed by atoms with Crippen LogP contribution in [0, 0.1) is 0 Å². The summed E-state index contributed by atoms with van der Waals surface area (Å²) in [6, 6.07) is 4.79. The van der Waals surface area contributed by atoms with E-state index < -0.39 is 0 Å². The number of benzene rings is 1. The lowest BCUT2D eigenvalue weighted by atomic mass is 10.2. The lowest BCUT2D eigenvalue weighted by Gasteiger charge is -2.06. The number of halogens is 1. The molecule has 1 aromatic carbocycles. The third-order valence-corrected chi connectivity index (χ3v) is 2.93. The number of hydrogen-bond donors (Lipinski definition) is 2. The van der Waals surface area contributed by atoms with Crippen LogP contribution in [0.5, 0.6) is 0 Å². The summed E-state index contributed by atoms with van der Waals surface area (Å²) < 4.78 is 1.84. The van der Waals surface area contributed by atoms with Gasteiger partial charge in [-0.25, -0.2) is 4.98 Å². The van der Waals surface area contributed by atoms with E-state index in [1.165, 1.54) is 0 Å². The minimum absolute atomic E-state index is 0.207. The Morgan fingerprint density at radius 3 is 2.94 bits per heavy atom. The SMILES string of the molecule is Cn1ccnc1CNC(=O)c1ccc(Cl)c(N)c1. The molecule has 18 heavy (non-hydrogen) atoms. The van der Waals surface area contributed by atoms with Gasteiger partial charge in [0, 0.05) is 25.0 Å². The second-order valence-corrected chi connectivity index (χ2v) is 4.28. The second kappa shape index (κ2) is 5.10. The monoisotopic (exact) mass is 264 g/mol. The van der Waals surface area contributed by atoms with E-state index >= 15 is 0 Å². The molecule has 6 heteroatoms. The molecular weight excluding hydrogens is 252 g/mol. The molecule has 0 saturated carbocycles. The molecule has 0 unspecified atom stereocenters. The van der Waals surface area contributed by atoms with Gasteiger partial charge in [0.1, 0.15) is 5.82 Å². The third-order valence-electron chi connectivity index (χ3n) is 2.59. The fourth-order valence-corrected chi connectivity index (χ4v) is 1.63. The number of aryl methyl sites for hydroxylation is 1. The van der Waals surface area contributed by atoms with E-state index in [0.717, 1.165) is 5.82 Å². The molecule has 0 radical (unpaired) electrons. The summed E-state index contributed by atoms with van der Waals surface area (Å²) in [5.74, 6) is 0.576. The number of nitrogens with one attached hydrogen (secondary N) is 1. The van der Waals surface area contributed by atoms with Gasteiger partial charge in [-0.3, -0.25) is 4.79 Å². The topological polar surface area (TPSA) is 72.9 Å². The van der Waals surface area contributed by atoms with Crippen molar-refractivity contribution in [1.82, 2.24) is 14.9 Å². The first-order valence-corrected chi connectivity index (χ1v) is 5.75. The van der Waals surface area contributed by atoms with Crippen LogP contribution in [0.3, 0.4) is 0 Å². The number of nitrogens with two attached hydrogens (primary N) is 1. The zero-order valence-corrected chi connectivity index (χ0v) is 10.6. The van der Waals surface area contributed by atoms with Gasteiger partial charge in [0.05, 0.1) is 17.3 Å². The van der Waals surface area contributed by atoms with Crippen LogP contribution in [0.2, 0.25) is 5.02 Å². The van der Waals surface area contributed by atoms with Crippen LogP contribution >= 0.6 is 11.6 Å². The lowest BCUT2D eigenvalue weighted by Crippen LogP contribution is -2.24. The van der Waals surface area contributed by atoms with Crippen molar-refractivity contribution < 1.29 is 4.79 Å². The first kappa shape index (κ1) is 12.4. The number of nitrogen functional groups attached to an aromatic ring is 1. The Morgan fingerprint density at radius 2 is 2.33 bits per heavy atom. The van der Waals surface area contributed by atoms with Gasteiger partial charge in [-0.2, -0.15) is 0 Å². The Hall–Kier alpha value is -2.01. The van der Waals surface area contributed by atoms with E-state index in [1.54, 1.807) is 24.4 Å². The van der Waals surface area contributed by atoms with Crippen LogP contribution in [0.25, 0.3) is 0 Å². The highest BCUT2D eigenvalue weighted by Crippen LogP contribution is 2.19. The molecule has 0 fully saturated rings. The maximum Gasteiger partial charge on any atom is 0.251 e. The predicted octanol–water partition coefficient (Wildman–Crippen LogP) is 1.59. The molecule has 2 aromatic rings. The van der Waals surface area contributed by atoms with Crippen LogP contribution in [0.1, 0.15) is 16.2 Å². The Bertz CT molecular complexity index is 579. The van der Waals surface area contributed by atoms with Gasteiger partial charge in [0.15, 0.2) is 0 Å². The number of carbonyl (C=O) groups is 1. The molecule has 1 heterocycles. The smallest absolute Gasteiger partial charge is 0.251 e. The maximum atomic E-state index is 11.9. The minimum atomic E-state index is -0.207. The van der Waals surface area contributed by atoms with Crippen molar-refractivity contribution in [1.29, 1.82) is 0 Å². The molecule has 5 nitrogen and oxygen atoms in total. The molecule has 0 spiro atoms. The van der Waals surface area contributed by atoms with Gasteiger partial charge in [-0.15, -0.1) is 0 Å². The molecule has 0 aliphatic rings. The van der Waals surface area contributed by atoms with Crippen molar-refractivity contribution >= 4 is 23.2 Å². The van der Waals surface area contributed by atoms with E-state index in [1.807, 2.05) is 17.8 Å². The van der Waals surface area contributed by atoms with Crippen LogP contribution in [0.15, 0.2) is 30.6 Å². The van der Waals surface area contributed by atoms with Gasteiger partial charge in [-0.1, -0.05) is 11.6 Å². The minimum Gasteiger partial charge on any atom is -0.398 e. The lowest BCUT2D eigenvalue weighted by molar-refractivity contribution is 0.0949. The van der Waals surface area contributed by atoms with E-state index in [2.05, 4.69) is 10.3 Å². The number of carbonyl (C=O) groups excluding carboxylic acids is 1. The van der Waals surface area contributed by atoms with E-state index in [0.29, 0.717) is 22.8 Å². The average molecular weight is 265 g/mol. The number of imidazole rings is 1. The number of amides is 1. The van der Waals surface area contributed by atoms with Gasteiger partial charge in [0.2, 0.25) is 0 Å². The summed E-state index contributed by atoms with van der Waals surface area (Å²) in [6.07, 6.45) is 3.50. The molecule has 2 rings (SSSR count). The number of nitrogens with zero attached hydrogens (tertiary/aromatic N) is 2. The third kappa shape index (κ3) is 2.62. The summed E-state index contributed by atoms with van der Waals surface area (Å²) in [5.41, 5.74) is 6.51. The molecule has 94 valence electrons. The zero-order valence-electron chi connectivity index (χ0n) is 9.85. The van der Waals surface area contributed by atoms with Crippen molar-refractivity contribution in [3.05, 3.63) is 47.0 Å². The van der Waals surface area contributed by atoms with Crippen molar-refractivity contribution in [3.8, 4) is 0 Å². The average Bonchev–Trinajstić information content (AvgIpc) is 2.75. The largest absolute Gasteiger partial charge is 0.398 e. The van der Waals surface area contributed by atoms with Crippen molar-refractivity contribution in [2.45, 2.75) is 6.54 Å². The quantitative estimate of drug-likeness (QED) is 0.827. The Morgan fingerprint density at radius 1 is 1.56 bits per heavy atom. The van der Waals surface area contributed by atoms with Gasteiger partial charge in [-0.05, 0) is 18.2 Å². The highest BCUT2D eigenvalue weighted by molar-refractivity contribution is 6.33. The summed E-state index contributed by atoms with van der Waals surface area (Å²) in [4.78, 5) is 16.0. The first-order valence-electron chi connectivity index (χ1n) is 5.37. The molecule has 0 bridgehead atoms. The number of anilines is 1. The summed E-state index contributed by atoms with van der Waals surface area (Å²) in [7, 11) is 1.87. The number of aromatic nitrogens is 2. The molecular formula is C12H13ClN4O. The van der Waals surface area contributed by atoms with Gasteiger partial charge >= 0.3 is 0 Å². The van der Waals surface area contributed by atoms with E-state index in [4.69, 9.17) is 17.3 Å². The van der Waals surface area contributed by atoms with E-state index in [-0.39, 0.29) is 5.91 Å². The Labute approximate surface area is 110 Å². The zero-order chi connectivity index (χ0) is 13.1. The van der Waals surface area contributed by atoms with Crippen LogP contribution in [-0.4, -0.2) is 15.5 Å². The standard InChI is InChI=1S/C12H13ClN4O/c1-17-5-4-15-11(17)7-16-12(18)8-2-3-9(13)10(14)6-8/h2-6H,7,14H2,1H3,(H,16,18). The number of rotatable bonds is 3. The van der Waals surface area contributed by atoms with Crippen LogP contribution in [0.4, 0.5) is 5.69 Å². The summed E-state index contributed by atoms with van der Waals surface area (Å²) in [5, 5.41) is 3.21. The normalized spacial score (nSPS) is 10.3. The molecule has 0 atom stereocenters. The second-order valence-electron chi connectivity index (χ2n) is 3.87. The fourth-order valence-electron chi connectivity index (χ4n) is 1.51. The molecule has 1 amide bonds. The summed E-state index contributed by atoms with van der Waals surface area (Å²) >= 11 is 5.79. The van der Waals surface area contributed by atoms with Crippen molar-refractivity contribution in [2.75, 3.05) is 5.73 Å². The Balaban J connectivity index is 2.04. The predicted molar refractivity (Wildman–Crippen MR) is 70.2 cm³/mol. The van der Waals surface area contributed by atoms with Crippen molar-refractivity contribution in [3.63, 3.8) is 0 Å². The first-order chi connectivity index (χ1) is 8.58. The highest BCUT2D eigenvalue weighted by atomic mass is 35.5. The van der Waals surface area contributed by atoms with Crippen molar-refractivity contribution in [2.24, 2.45) is 7.05 Å². The molecule has 0 saturated heterocycles. The molecule has 0 aliphatic heterocycles. The highest BCUT2D eigenvalue weighted by Gasteiger charge is 2.08. The fraction of sp³-hybridized carbons (Fsp3) is 0.167. The van der Waals surface area contributed by atoms with Crippen LogP contribution in [-0.2, 0) is 13.6 Å². The van der Waals surface area contributed by atoms with Gasteiger partial charge < -0.3 is 15.6 Å². The molecule has 0 aliphatic carbocycles. The Kier molecular flexibility index (Phi) is 3.53. The van der Waals surface area contributed by atoms with Crippen LogP contribution < -0.4 is 11.1 Å². The molecule has 1 aromatic heterocycles. The number of hydrogen-bond acceptors (Lipinski definition) is 3. The molecule has 3 N–H and O–H groups in total. The maximum absolute atomic E-state index is 11.9.